The van der Waals surface area contributed by atoms with Gasteiger partial charge in [0.2, 0.25) is 5.75 Å². The van der Waals surface area contributed by atoms with E-state index in [2.05, 4.69) is 17.2 Å². The zero-order valence-electron chi connectivity index (χ0n) is 20.8. The number of aromatic nitrogens is 3. The van der Waals surface area contributed by atoms with Gasteiger partial charge in [-0.15, -0.1) is 11.3 Å². The molecule has 0 saturated carbocycles. The summed E-state index contributed by atoms with van der Waals surface area (Å²) in [6.45, 7) is 8.06. The lowest BCUT2D eigenvalue weighted by Crippen LogP contribution is -1.99. The Morgan fingerprint density at radius 1 is 0.800 bits per heavy atom. The standard InChI is InChI=1S/C26H28N4O4S/c1-14-10-20(24(28-15(14)2)26-29-16(3)17(4)35-26)34-19-8-9-27-23(13-19)30-18-11-21(31-5)25(33-7)22(12-18)32-6/h8-13H,1-7H3,(H,27,30). The third kappa shape index (κ3) is 5.14. The third-order valence-electron chi connectivity index (χ3n) is 5.56. The number of hydrogen-bond acceptors (Lipinski definition) is 9. The van der Waals surface area contributed by atoms with Crippen LogP contribution in [-0.4, -0.2) is 36.3 Å². The maximum Gasteiger partial charge on any atom is 0.203 e. The number of hydrogen-bond donors (Lipinski definition) is 1. The van der Waals surface area contributed by atoms with Crippen LogP contribution in [0.3, 0.4) is 0 Å². The highest BCUT2D eigenvalue weighted by molar-refractivity contribution is 7.15. The van der Waals surface area contributed by atoms with Crippen molar-refractivity contribution in [3.05, 3.63) is 58.4 Å². The Morgan fingerprint density at radius 3 is 2.11 bits per heavy atom. The fourth-order valence-corrected chi connectivity index (χ4v) is 4.37. The van der Waals surface area contributed by atoms with Crippen LogP contribution in [0.2, 0.25) is 0 Å². The molecule has 9 heteroatoms. The molecule has 0 saturated heterocycles. The molecule has 0 unspecified atom stereocenters. The Labute approximate surface area is 208 Å². The molecule has 0 amide bonds. The van der Waals surface area contributed by atoms with Gasteiger partial charge >= 0.3 is 0 Å². The molecule has 3 heterocycles. The molecule has 8 nitrogen and oxygen atoms in total. The molecule has 3 aromatic heterocycles. The van der Waals surface area contributed by atoms with Crippen molar-refractivity contribution < 1.29 is 18.9 Å². The molecule has 182 valence electrons. The molecule has 1 N–H and O–H groups in total. The molecule has 4 aromatic rings. The smallest absolute Gasteiger partial charge is 0.203 e. The summed E-state index contributed by atoms with van der Waals surface area (Å²) >= 11 is 1.61. The highest BCUT2D eigenvalue weighted by atomic mass is 32.1. The van der Waals surface area contributed by atoms with E-state index < -0.39 is 0 Å². The topological polar surface area (TPSA) is 87.6 Å². The summed E-state index contributed by atoms with van der Waals surface area (Å²) in [4.78, 5) is 15.1. The first-order valence-corrected chi connectivity index (χ1v) is 11.8. The maximum absolute atomic E-state index is 6.31. The van der Waals surface area contributed by atoms with Gasteiger partial charge in [-0.2, -0.15) is 0 Å². The minimum Gasteiger partial charge on any atom is -0.493 e. The van der Waals surface area contributed by atoms with Gasteiger partial charge in [-0.05, 0) is 45.4 Å². The molecule has 0 fully saturated rings. The predicted octanol–water partition coefficient (Wildman–Crippen LogP) is 6.40. The first-order chi connectivity index (χ1) is 16.8. The van der Waals surface area contributed by atoms with E-state index in [4.69, 9.17) is 28.9 Å². The zero-order valence-corrected chi connectivity index (χ0v) is 21.7. The van der Waals surface area contributed by atoms with Gasteiger partial charge in [0, 0.05) is 40.7 Å². The van der Waals surface area contributed by atoms with Crippen molar-refractivity contribution in [2.24, 2.45) is 0 Å². The minimum atomic E-state index is 0.521. The highest BCUT2D eigenvalue weighted by Crippen LogP contribution is 2.41. The molecule has 0 atom stereocenters. The molecule has 4 rings (SSSR count). The number of nitrogens with one attached hydrogen (secondary N) is 1. The summed E-state index contributed by atoms with van der Waals surface area (Å²) in [6, 6.07) is 9.25. The molecular weight excluding hydrogens is 464 g/mol. The number of methoxy groups -OCH3 is 3. The second-order valence-corrected chi connectivity index (χ2v) is 9.12. The summed E-state index contributed by atoms with van der Waals surface area (Å²) < 4.78 is 22.6. The van der Waals surface area contributed by atoms with Gasteiger partial charge in [0.15, 0.2) is 17.2 Å². The quantitative estimate of drug-likeness (QED) is 0.302. The Hall–Kier alpha value is -3.85. The molecule has 0 aliphatic heterocycles. The summed E-state index contributed by atoms with van der Waals surface area (Å²) in [5.41, 5.74) is 4.43. The number of pyridine rings is 2. The monoisotopic (exact) mass is 492 g/mol. The summed E-state index contributed by atoms with van der Waals surface area (Å²) in [5.74, 6) is 3.46. The fraction of sp³-hybridized carbons (Fsp3) is 0.269. The van der Waals surface area contributed by atoms with E-state index in [9.17, 15) is 0 Å². The SMILES string of the molecule is COc1cc(Nc2cc(Oc3cc(C)c(C)nc3-c3nc(C)c(C)s3)ccn2)cc(OC)c1OC. The number of rotatable bonds is 8. The first-order valence-electron chi connectivity index (χ1n) is 11.0. The van der Waals surface area contributed by atoms with Crippen LogP contribution in [0.4, 0.5) is 11.5 Å². The van der Waals surface area contributed by atoms with Gasteiger partial charge in [-0.25, -0.2) is 15.0 Å². The lowest BCUT2D eigenvalue weighted by atomic mass is 10.2. The summed E-state index contributed by atoms with van der Waals surface area (Å²) in [5, 5.41) is 4.11. The van der Waals surface area contributed by atoms with Gasteiger partial charge in [0.05, 0.1) is 27.0 Å². The number of thiazole rings is 1. The molecule has 0 spiro atoms. The lowest BCUT2D eigenvalue weighted by molar-refractivity contribution is 0.324. The van der Waals surface area contributed by atoms with Crippen molar-refractivity contribution in [2.45, 2.75) is 27.7 Å². The molecule has 0 bridgehead atoms. The average Bonchev–Trinajstić information content (AvgIpc) is 3.18. The van der Waals surface area contributed by atoms with Crippen molar-refractivity contribution in [3.8, 4) is 39.4 Å². The molecular formula is C26H28N4O4S. The van der Waals surface area contributed by atoms with Crippen LogP contribution in [0.15, 0.2) is 36.5 Å². The Kier molecular flexibility index (Phi) is 7.07. The number of aryl methyl sites for hydroxylation is 4. The van der Waals surface area contributed by atoms with Crippen LogP contribution in [0.25, 0.3) is 10.7 Å². The van der Waals surface area contributed by atoms with Crippen LogP contribution in [0.5, 0.6) is 28.7 Å². The average molecular weight is 493 g/mol. The second kappa shape index (κ2) is 10.2. The van der Waals surface area contributed by atoms with Gasteiger partial charge < -0.3 is 24.3 Å². The molecule has 0 aliphatic carbocycles. The zero-order chi connectivity index (χ0) is 25.1. The van der Waals surface area contributed by atoms with E-state index in [-0.39, 0.29) is 0 Å². The van der Waals surface area contributed by atoms with Crippen LogP contribution >= 0.6 is 11.3 Å². The van der Waals surface area contributed by atoms with Crippen molar-refractivity contribution in [1.29, 1.82) is 0 Å². The number of nitrogens with zero attached hydrogens (tertiary/aromatic N) is 3. The number of benzene rings is 1. The van der Waals surface area contributed by atoms with E-state index >= 15 is 0 Å². The molecule has 0 aliphatic rings. The van der Waals surface area contributed by atoms with Crippen LogP contribution in [0.1, 0.15) is 21.8 Å². The number of anilines is 2. The van der Waals surface area contributed by atoms with Crippen LogP contribution in [-0.2, 0) is 0 Å². The Morgan fingerprint density at radius 2 is 1.51 bits per heavy atom. The van der Waals surface area contributed by atoms with E-state index in [1.165, 1.54) is 0 Å². The van der Waals surface area contributed by atoms with Crippen LogP contribution < -0.4 is 24.3 Å². The highest BCUT2D eigenvalue weighted by Gasteiger charge is 2.17. The van der Waals surface area contributed by atoms with Crippen molar-refractivity contribution in [3.63, 3.8) is 0 Å². The first kappa shape index (κ1) is 24.3. The van der Waals surface area contributed by atoms with Crippen molar-refractivity contribution >= 4 is 22.8 Å². The minimum absolute atomic E-state index is 0.521. The molecule has 1 aromatic carbocycles. The van der Waals surface area contributed by atoms with Gasteiger partial charge in [0.25, 0.3) is 0 Å². The van der Waals surface area contributed by atoms with Gasteiger partial charge in [0.1, 0.15) is 22.3 Å². The second-order valence-electron chi connectivity index (χ2n) is 7.92. The lowest BCUT2D eigenvalue weighted by Gasteiger charge is -2.15. The van der Waals surface area contributed by atoms with Gasteiger partial charge in [-0.3, -0.25) is 0 Å². The van der Waals surface area contributed by atoms with Crippen molar-refractivity contribution in [1.82, 2.24) is 15.0 Å². The van der Waals surface area contributed by atoms with Gasteiger partial charge in [-0.1, -0.05) is 0 Å². The Bertz CT molecular complexity index is 1330. The summed E-state index contributed by atoms with van der Waals surface area (Å²) in [7, 11) is 4.73. The normalized spacial score (nSPS) is 10.7. The van der Waals surface area contributed by atoms with E-state index in [0.717, 1.165) is 38.2 Å². The van der Waals surface area contributed by atoms with E-state index in [1.807, 2.05) is 45.0 Å². The third-order valence-corrected chi connectivity index (χ3v) is 6.64. The molecule has 35 heavy (non-hydrogen) atoms. The molecule has 0 radical (unpaired) electrons. The van der Waals surface area contributed by atoms with Crippen LogP contribution in [0, 0.1) is 27.7 Å². The largest absolute Gasteiger partial charge is 0.493 e. The Balaban J connectivity index is 1.65. The van der Waals surface area contributed by atoms with Crippen molar-refractivity contribution in [2.75, 3.05) is 26.6 Å². The fourth-order valence-electron chi connectivity index (χ4n) is 3.46. The summed E-state index contributed by atoms with van der Waals surface area (Å²) in [6.07, 6.45) is 1.68. The predicted molar refractivity (Wildman–Crippen MR) is 138 cm³/mol. The van der Waals surface area contributed by atoms with E-state index in [1.54, 1.807) is 44.9 Å². The number of ether oxygens (including phenoxy) is 4. The maximum atomic E-state index is 6.31. The van der Waals surface area contributed by atoms with E-state index in [0.29, 0.717) is 34.6 Å².